The Bertz CT molecular complexity index is 561. The van der Waals surface area contributed by atoms with E-state index in [2.05, 4.69) is 0 Å². The van der Waals surface area contributed by atoms with Crippen molar-refractivity contribution in [2.45, 2.75) is 115 Å². The molecule has 0 saturated carbocycles. The molecule has 2 heterocycles. The maximum Gasteiger partial charge on any atom is 0.187 e. The van der Waals surface area contributed by atoms with Crippen molar-refractivity contribution in [3.05, 3.63) is 0 Å². The second-order valence-corrected chi connectivity index (χ2v) is 9.70. The molecular formula is C23H44O10. The molecule has 5 N–H and O–H groups in total. The van der Waals surface area contributed by atoms with Crippen molar-refractivity contribution in [3.8, 4) is 0 Å². The minimum Gasteiger partial charge on any atom is -0.394 e. The molecule has 2 aliphatic heterocycles. The lowest BCUT2D eigenvalue weighted by atomic mass is 9.76. The highest BCUT2D eigenvalue weighted by atomic mass is 16.7. The van der Waals surface area contributed by atoms with Crippen LogP contribution in [0.3, 0.4) is 0 Å². The molecule has 0 radical (unpaired) electrons. The van der Waals surface area contributed by atoms with Gasteiger partial charge in [0.2, 0.25) is 0 Å². The molecule has 5 unspecified atom stereocenters. The number of hydrogen-bond acceptors (Lipinski definition) is 10. The lowest BCUT2D eigenvalue weighted by Gasteiger charge is -2.50. The zero-order chi connectivity index (χ0) is 24.8. The summed E-state index contributed by atoms with van der Waals surface area (Å²) in [5.74, 6) is 0. The van der Waals surface area contributed by atoms with Crippen LogP contribution in [0.2, 0.25) is 0 Å². The first-order valence-corrected chi connectivity index (χ1v) is 12.0. The Labute approximate surface area is 196 Å². The summed E-state index contributed by atoms with van der Waals surface area (Å²) in [5.41, 5.74) is -0.462. The molecule has 10 nitrogen and oxygen atoms in total. The number of hydrogen-bond donors (Lipinski definition) is 5. The summed E-state index contributed by atoms with van der Waals surface area (Å²) in [5, 5.41) is 52.4. The third-order valence-corrected chi connectivity index (χ3v) is 6.70. The van der Waals surface area contributed by atoms with Crippen LogP contribution in [0.15, 0.2) is 0 Å². The molecule has 0 spiro atoms. The van der Waals surface area contributed by atoms with Crippen molar-refractivity contribution < 1.29 is 49.2 Å². The maximum absolute atomic E-state index is 11.1. The average molecular weight is 481 g/mol. The smallest absolute Gasteiger partial charge is 0.187 e. The number of aliphatic hydroxyl groups excluding tert-OH is 5. The first-order valence-electron chi connectivity index (χ1n) is 12.0. The Balaban J connectivity index is 2.23. The van der Waals surface area contributed by atoms with Gasteiger partial charge in [-0.2, -0.15) is 0 Å². The topological polar surface area (TPSA) is 147 Å². The van der Waals surface area contributed by atoms with E-state index in [0.29, 0.717) is 6.61 Å². The zero-order valence-corrected chi connectivity index (χ0v) is 20.5. The number of ether oxygens (including phenoxy) is 5. The van der Waals surface area contributed by atoms with Gasteiger partial charge in [0.1, 0.15) is 48.8 Å². The highest BCUT2D eigenvalue weighted by Crippen LogP contribution is 2.39. The van der Waals surface area contributed by atoms with Crippen LogP contribution in [0, 0.1) is 5.41 Å². The molecule has 10 atom stereocenters. The average Bonchev–Trinajstić information content (AvgIpc) is 2.78. The Morgan fingerprint density at radius 2 is 1.48 bits per heavy atom. The first-order chi connectivity index (χ1) is 15.7. The van der Waals surface area contributed by atoms with E-state index in [1.54, 1.807) is 0 Å². The van der Waals surface area contributed by atoms with Crippen LogP contribution in [-0.2, 0) is 23.7 Å². The van der Waals surface area contributed by atoms with E-state index < -0.39 is 79.9 Å². The minimum atomic E-state index is -1.36. The number of unbranched alkanes of at least 4 members (excludes halogenated alkanes) is 1. The van der Waals surface area contributed by atoms with Crippen LogP contribution < -0.4 is 0 Å². The SMILES string of the molecule is CCCCOC1C(CO)O[C@H](O[C@@H]2C(O)C(CO)OC(C(C)(C)CCC)[C@H]2O)[C@H](O)[C@@H]1OC. The fourth-order valence-electron chi connectivity index (χ4n) is 4.83. The molecule has 2 aliphatic rings. The lowest BCUT2D eigenvalue weighted by Crippen LogP contribution is -2.66. The fourth-order valence-corrected chi connectivity index (χ4v) is 4.83. The van der Waals surface area contributed by atoms with Gasteiger partial charge in [0, 0.05) is 13.7 Å². The second kappa shape index (κ2) is 13.1. The summed E-state index contributed by atoms with van der Waals surface area (Å²) in [7, 11) is 1.42. The lowest BCUT2D eigenvalue weighted by molar-refractivity contribution is -0.351. The van der Waals surface area contributed by atoms with E-state index in [-0.39, 0.29) is 0 Å². The van der Waals surface area contributed by atoms with Crippen LogP contribution in [0.5, 0.6) is 0 Å². The van der Waals surface area contributed by atoms with Gasteiger partial charge in [-0.3, -0.25) is 0 Å². The molecule has 33 heavy (non-hydrogen) atoms. The summed E-state index contributed by atoms with van der Waals surface area (Å²) in [6, 6.07) is 0. The Morgan fingerprint density at radius 1 is 0.818 bits per heavy atom. The number of methoxy groups -OCH3 is 1. The second-order valence-electron chi connectivity index (χ2n) is 9.70. The monoisotopic (exact) mass is 480 g/mol. The van der Waals surface area contributed by atoms with Crippen molar-refractivity contribution in [2.24, 2.45) is 5.41 Å². The Hall–Kier alpha value is -0.400. The van der Waals surface area contributed by atoms with Gasteiger partial charge >= 0.3 is 0 Å². The predicted molar refractivity (Wildman–Crippen MR) is 119 cm³/mol. The van der Waals surface area contributed by atoms with Crippen LogP contribution in [0.25, 0.3) is 0 Å². The molecule has 2 rings (SSSR count). The summed E-state index contributed by atoms with van der Waals surface area (Å²) < 4.78 is 28.9. The summed E-state index contributed by atoms with van der Waals surface area (Å²) in [6.45, 7) is 7.50. The minimum absolute atomic E-state index is 0.395. The summed E-state index contributed by atoms with van der Waals surface area (Å²) in [6.07, 6.45) is -7.19. The Morgan fingerprint density at radius 3 is 2.03 bits per heavy atom. The van der Waals surface area contributed by atoms with Gasteiger partial charge in [-0.25, -0.2) is 0 Å². The molecule has 10 heteroatoms. The van der Waals surface area contributed by atoms with Gasteiger partial charge in [0.05, 0.1) is 19.3 Å². The van der Waals surface area contributed by atoms with Crippen molar-refractivity contribution in [3.63, 3.8) is 0 Å². The standard InChI is InChI=1S/C23H44O10/c1-6-8-10-30-18-14(12-25)32-22(17(28)20(18)29-5)33-19-15(26)13(11-24)31-21(16(19)27)23(3,4)9-7-2/h13-22,24-28H,6-12H2,1-5H3/t13?,14?,15?,16-,17+,18?,19+,20-,21?,22+/m0/s1. The van der Waals surface area contributed by atoms with E-state index in [0.717, 1.165) is 25.7 Å². The molecule has 0 bridgehead atoms. The number of aliphatic hydroxyl groups is 5. The van der Waals surface area contributed by atoms with E-state index in [4.69, 9.17) is 23.7 Å². The maximum atomic E-state index is 11.1. The molecule has 2 fully saturated rings. The quantitative estimate of drug-likeness (QED) is 0.241. The van der Waals surface area contributed by atoms with Crippen molar-refractivity contribution in [1.29, 1.82) is 0 Å². The van der Waals surface area contributed by atoms with Crippen LogP contribution in [0.1, 0.15) is 53.4 Å². The summed E-state index contributed by atoms with van der Waals surface area (Å²) in [4.78, 5) is 0. The van der Waals surface area contributed by atoms with Gasteiger partial charge in [-0.1, -0.05) is 40.5 Å². The predicted octanol–water partition coefficient (Wildman–Crippen LogP) is -0.0422. The molecule has 0 aliphatic carbocycles. The fraction of sp³-hybridized carbons (Fsp3) is 1.00. The zero-order valence-electron chi connectivity index (χ0n) is 20.5. The van der Waals surface area contributed by atoms with Gasteiger partial charge in [0.25, 0.3) is 0 Å². The molecule has 0 aromatic carbocycles. The molecular weight excluding hydrogens is 436 g/mol. The van der Waals surface area contributed by atoms with Gasteiger partial charge < -0.3 is 49.2 Å². The first kappa shape index (κ1) is 28.8. The third-order valence-electron chi connectivity index (χ3n) is 6.70. The molecule has 196 valence electrons. The van der Waals surface area contributed by atoms with Gasteiger partial charge in [-0.05, 0) is 18.3 Å². The van der Waals surface area contributed by atoms with E-state index in [1.807, 2.05) is 27.7 Å². The molecule has 0 amide bonds. The van der Waals surface area contributed by atoms with E-state index in [9.17, 15) is 25.5 Å². The van der Waals surface area contributed by atoms with Gasteiger partial charge in [-0.15, -0.1) is 0 Å². The van der Waals surface area contributed by atoms with Crippen LogP contribution in [-0.4, -0.2) is 114 Å². The van der Waals surface area contributed by atoms with Crippen molar-refractivity contribution in [2.75, 3.05) is 26.9 Å². The van der Waals surface area contributed by atoms with Crippen LogP contribution >= 0.6 is 0 Å². The Kier molecular flexibility index (Phi) is 11.4. The van der Waals surface area contributed by atoms with Gasteiger partial charge in [0.15, 0.2) is 6.29 Å². The third kappa shape index (κ3) is 6.63. The largest absolute Gasteiger partial charge is 0.394 e. The molecule has 0 aromatic rings. The van der Waals surface area contributed by atoms with Crippen LogP contribution in [0.4, 0.5) is 0 Å². The molecule has 2 saturated heterocycles. The highest BCUT2D eigenvalue weighted by Gasteiger charge is 2.53. The van der Waals surface area contributed by atoms with E-state index >= 15 is 0 Å². The normalized spacial score (nSPS) is 40.2. The van der Waals surface area contributed by atoms with Crippen molar-refractivity contribution >= 4 is 0 Å². The summed E-state index contributed by atoms with van der Waals surface area (Å²) >= 11 is 0. The number of rotatable bonds is 12. The van der Waals surface area contributed by atoms with E-state index in [1.165, 1.54) is 7.11 Å². The highest BCUT2D eigenvalue weighted by molar-refractivity contribution is 5.00. The molecule has 0 aromatic heterocycles. The van der Waals surface area contributed by atoms with Crippen molar-refractivity contribution in [1.82, 2.24) is 0 Å².